The van der Waals surface area contributed by atoms with E-state index in [1.54, 1.807) is 18.2 Å². The van der Waals surface area contributed by atoms with E-state index in [1.165, 1.54) is 30.5 Å². The Morgan fingerprint density at radius 2 is 1.72 bits per heavy atom. The van der Waals surface area contributed by atoms with Crippen molar-refractivity contribution in [2.45, 2.75) is 4.90 Å². The van der Waals surface area contributed by atoms with E-state index in [2.05, 4.69) is 9.71 Å². The number of anilines is 2. The molecule has 0 unspecified atom stereocenters. The maximum atomic E-state index is 11.9. The Morgan fingerprint density at radius 3 is 2.28 bits per heavy atom. The second-order valence-corrected chi connectivity index (χ2v) is 5.07. The van der Waals surface area contributed by atoms with Gasteiger partial charge >= 0.3 is 0 Å². The van der Waals surface area contributed by atoms with Gasteiger partial charge in [0, 0.05) is 11.9 Å². The number of nitrogens with two attached hydrogens (primary N) is 1. The second-order valence-electron chi connectivity index (χ2n) is 3.39. The first-order valence-corrected chi connectivity index (χ1v) is 6.36. The molecule has 0 aliphatic heterocycles. The summed E-state index contributed by atoms with van der Waals surface area (Å²) in [5.74, 6) is 0.282. The highest BCUT2D eigenvalue weighted by atomic mass is 32.2. The number of rotatable bonds is 3. The minimum absolute atomic E-state index is 0. The molecule has 6 nitrogen and oxygen atoms in total. The summed E-state index contributed by atoms with van der Waals surface area (Å²) >= 11 is 0. The predicted octanol–water partition coefficient (Wildman–Crippen LogP) is 1.63. The van der Waals surface area contributed by atoms with Crippen molar-refractivity contribution in [1.82, 2.24) is 11.1 Å². The Hall–Kier alpha value is -2.12. The van der Waals surface area contributed by atoms with E-state index in [1.807, 2.05) is 0 Å². The Morgan fingerprint density at radius 1 is 1.06 bits per heavy atom. The molecule has 96 valence electrons. The van der Waals surface area contributed by atoms with Gasteiger partial charge in [-0.05, 0) is 36.4 Å². The van der Waals surface area contributed by atoms with E-state index in [0.29, 0.717) is 5.69 Å². The molecule has 2 rings (SSSR count). The summed E-state index contributed by atoms with van der Waals surface area (Å²) in [6.07, 6.45) is 1.51. The highest BCUT2D eigenvalue weighted by Crippen LogP contribution is 2.15. The normalized spacial score (nSPS) is 10.4. The molecule has 6 N–H and O–H groups in total. The molecule has 0 fully saturated rings. The minimum atomic E-state index is -3.60. The van der Waals surface area contributed by atoms with E-state index < -0.39 is 10.0 Å². The van der Waals surface area contributed by atoms with Gasteiger partial charge in [-0.2, -0.15) is 0 Å². The van der Waals surface area contributed by atoms with Crippen LogP contribution in [0, 0.1) is 0 Å². The van der Waals surface area contributed by atoms with Crippen LogP contribution in [0.4, 0.5) is 11.5 Å². The zero-order valence-electron chi connectivity index (χ0n) is 9.58. The van der Waals surface area contributed by atoms with Crippen molar-refractivity contribution in [1.29, 1.82) is 0 Å². The quantitative estimate of drug-likeness (QED) is 0.729. The monoisotopic (exact) mass is 266 g/mol. The molecule has 0 aliphatic rings. The molecule has 0 saturated heterocycles. The number of hydrogen-bond donors (Lipinski definition) is 3. The standard InChI is InChI=1S/C11H11N3O2S.H3N/c12-9-4-6-10(7-5-9)17(15,16)14-11-3-1-2-8-13-11;/h1-8H,12H2,(H,13,14);1H3. The number of nitrogens with one attached hydrogen (secondary N) is 1. The Balaban J connectivity index is 0.00000162. The first kappa shape index (κ1) is 13.9. The van der Waals surface area contributed by atoms with Gasteiger partial charge in [0.2, 0.25) is 0 Å². The highest BCUT2D eigenvalue weighted by Gasteiger charge is 2.13. The summed E-state index contributed by atoms with van der Waals surface area (Å²) < 4.78 is 26.2. The lowest BCUT2D eigenvalue weighted by Gasteiger charge is -2.06. The summed E-state index contributed by atoms with van der Waals surface area (Å²) in [5, 5.41) is 0. The third kappa shape index (κ3) is 3.19. The highest BCUT2D eigenvalue weighted by molar-refractivity contribution is 7.92. The summed E-state index contributed by atoms with van der Waals surface area (Å²) in [6, 6.07) is 10.9. The average molecular weight is 266 g/mol. The van der Waals surface area contributed by atoms with Crippen LogP contribution < -0.4 is 16.6 Å². The lowest BCUT2D eigenvalue weighted by Crippen LogP contribution is -2.13. The molecule has 18 heavy (non-hydrogen) atoms. The summed E-state index contributed by atoms with van der Waals surface area (Å²) in [7, 11) is -3.60. The van der Waals surface area contributed by atoms with Crippen molar-refractivity contribution in [2.75, 3.05) is 10.5 Å². The van der Waals surface area contributed by atoms with Crippen LogP contribution in [-0.2, 0) is 10.0 Å². The lowest BCUT2D eigenvalue weighted by atomic mass is 10.3. The van der Waals surface area contributed by atoms with E-state index >= 15 is 0 Å². The van der Waals surface area contributed by atoms with Crippen LogP contribution in [0.15, 0.2) is 53.6 Å². The Bertz CT molecular complexity index is 597. The number of nitrogen functional groups attached to an aromatic ring is 1. The van der Waals surface area contributed by atoms with Crippen molar-refractivity contribution in [3.63, 3.8) is 0 Å². The maximum absolute atomic E-state index is 11.9. The van der Waals surface area contributed by atoms with Crippen LogP contribution in [0.1, 0.15) is 0 Å². The molecule has 2 aromatic rings. The topological polar surface area (TPSA) is 120 Å². The van der Waals surface area contributed by atoms with E-state index in [-0.39, 0.29) is 16.9 Å². The van der Waals surface area contributed by atoms with Gasteiger partial charge in [0.1, 0.15) is 5.82 Å². The van der Waals surface area contributed by atoms with Crippen LogP contribution in [-0.4, -0.2) is 13.4 Å². The average Bonchev–Trinajstić information content (AvgIpc) is 2.30. The second kappa shape index (κ2) is 5.48. The molecule has 0 amide bonds. The van der Waals surface area contributed by atoms with Crippen molar-refractivity contribution >= 4 is 21.5 Å². The molecular weight excluding hydrogens is 252 g/mol. The van der Waals surface area contributed by atoms with E-state index in [0.717, 1.165) is 0 Å². The first-order chi connectivity index (χ1) is 8.08. The molecule has 0 spiro atoms. The van der Waals surface area contributed by atoms with Crippen LogP contribution in [0.2, 0.25) is 0 Å². The summed E-state index contributed by atoms with van der Waals surface area (Å²) in [4.78, 5) is 4.04. The summed E-state index contributed by atoms with van der Waals surface area (Å²) in [5.41, 5.74) is 6.01. The SMILES string of the molecule is N.Nc1ccc(S(=O)(=O)Nc2ccccn2)cc1. The third-order valence-corrected chi connectivity index (χ3v) is 3.46. The van der Waals surface area contributed by atoms with E-state index in [9.17, 15) is 8.42 Å². The minimum Gasteiger partial charge on any atom is -0.399 e. The number of aromatic nitrogens is 1. The lowest BCUT2D eigenvalue weighted by molar-refractivity contribution is 0.601. The fourth-order valence-electron chi connectivity index (χ4n) is 1.27. The van der Waals surface area contributed by atoms with Crippen LogP contribution in [0.25, 0.3) is 0 Å². The van der Waals surface area contributed by atoms with Gasteiger partial charge in [-0.15, -0.1) is 0 Å². The number of hydrogen-bond acceptors (Lipinski definition) is 5. The van der Waals surface area contributed by atoms with Gasteiger partial charge in [0.05, 0.1) is 4.90 Å². The Labute approximate surface area is 105 Å². The zero-order valence-corrected chi connectivity index (χ0v) is 10.4. The van der Waals surface area contributed by atoms with E-state index in [4.69, 9.17) is 5.73 Å². The van der Waals surface area contributed by atoms with Crippen LogP contribution >= 0.6 is 0 Å². The fraction of sp³-hybridized carbons (Fsp3) is 0. The third-order valence-electron chi connectivity index (χ3n) is 2.09. The molecule has 7 heteroatoms. The molecule has 1 aromatic heterocycles. The predicted molar refractivity (Wildman–Crippen MR) is 70.9 cm³/mol. The van der Waals surface area contributed by atoms with Crippen LogP contribution in [0.5, 0.6) is 0 Å². The van der Waals surface area contributed by atoms with Crippen molar-refractivity contribution < 1.29 is 8.42 Å². The molecule has 1 heterocycles. The van der Waals surface area contributed by atoms with Gasteiger partial charge in [-0.3, -0.25) is 4.72 Å². The van der Waals surface area contributed by atoms with Crippen molar-refractivity contribution in [3.8, 4) is 0 Å². The molecule has 0 saturated carbocycles. The smallest absolute Gasteiger partial charge is 0.263 e. The fourth-order valence-corrected chi connectivity index (χ4v) is 2.28. The van der Waals surface area contributed by atoms with Gasteiger partial charge in [0.15, 0.2) is 0 Å². The molecule has 0 bridgehead atoms. The first-order valence-electron chi connectivity index (χ1n) is 4.87. The number of nitrogens with zero attached hydrogens (tertiary/aromatic N) is 1. The number of sulfonamides is 1. The molecule has 0 aliphatic carbocycles. The Kier molecular flexibility index (Phi) is 4.24. The number of benzene rings is 1. The molecule has 0 radical (unpaired) electrons. The zero-order chi connectivity index (χ0) is 12.3. The van der Waals surface area contributed by atoms with Gasteiger partial charge in [-0.1, -0.05) is 6.07 Å². The number of pyridine rings is 1. The van der Waals surface area contributed by atoms with Gasteiger partial charge in [-0.25, -0.2) is 13.4 Å². The van der Waals surface area contributed by atoms with Crippen LogP contribution in [0.3, 0.4) is 0 Å². The molecule has 1 aromatic carbocycles. The molecule has 0 atom stereocenters. The van der Waals surface area contributed by atoms with Crippen molar-refractivity contribution in [3.05, 3.63) is 48.7 Å². The largest absolute Gasteiger partial charge is 0.399 e. The van der Waals surface area contributed by atoms with Crippen molar-refractivity contribution in [2.24, 2.45) is 0 Å². The van der Waals surface area contributed by atoms with Gasteiger partial charge in [0.25, 0.3) is 10.0 Å². The summed E-state index contributed by atoms with van der Waals surface area (Å²) in [6.45, 7) is 0. The van der Waals surface area contributed by atoms with Gasteiger partial charge < -0.3 is 11.9 Å². The maximum Gasteiger partial charge on any atom is 0.263 e. The molecular formula is C11H14N4O2S.